The van der Waals surface area contributed by atoms with E-state index in [1.807, 2.05) is 4.90 Å². The number of carbonyl (C=O) groups excluding carboxylic acids is 2. The number of carboxylic acids is 1. The summed E-state index contributed by atoms with van der Waals surface area (Å²) in [6.07, 6.45) is -0.639. The van der Waals surface area contributed by atoms with Crippen molar-refractivity contribution in [3.63, 3.8) is 0 Å². The number of aliphatic hydroxyl groups is 1. The zero-order chi connectivity index (χ0) is 18.6. The van der Waals surface area contributed by atoms with E-state index in [1.54, 1.807) is 0 Å². The molecule has 0 spiro atoms. The maximum atomic E-state index is 12.0. The Kier molecular flexibility index (Phi) is 5.75. The van der Waals surface area contributed by atoms with Crippen LogP contribution < -0.4 is 21.3 Å². The van der Waals surface area contributed by atoms with Crippen molar-refractivity contribution in [3.8, 4) is 0 Å². The number of aliphatic hydroxyl groups excluding tert-OH is 1. The number of anilines is 1. The van der Waals surface area contributed by atoms with Crippen LogP contribution >= 0.6 is 0 Å². The van der Waals surface area contributed by atoms with Gasteiger partial charge in [-0.25, -0.2) is 9.59 Å². The molecule has 0 aromatic carbocycles. The molecule has 12 nitrogen and oxygen atoms in total. The van der Waals surface area contributed by atoms with Crippen molar-refractivity contribution in [2.75, 3.05) is 18.0 Å². The first-order chi connectivity index (χ1) is 11.8. The van der Waals surface area contributed by atoms with Crippen LogP contribution in [0.5, 0.6) is 0 Å². The first-order valence-electron chi connectivity index (χ1n) is 7.62. The van der Waals surface area contributed by atoms with E-state index < -0.39 is 36.1 Å². The molecule has 6 N–H and O–H groups in total. The number of aliphatic carboxylic acids is 1. The van der Waals surface area contributed by atoms with Crippen molar-refractivity contribution < 1.29 is 29.0 Å². The maximum absolute atomic E-state index is 12.0. The fourth-order valence-electron chi connectivity index (χ4n) is 2.13. The summed E-state index contributed by atoms with van der Waals surface area (Å²) in [5.41, 5.74) is 5.16. The van der Waals surface area contributed by atoms with Crippen molar-refractivity contribution in [2.45, 2.75) is 38.0 Å². The van der Waals surface area contributed by atoms with E-state index in [-0.39, 0.29) is 18.3 Å². The third kappa shape index (κ3) is 4.79. The van der Waals surface area contributed by atoms with E-state index in [9.17, 15) is 19.5 Å². The summed E-state index contributed by atoms with van der Waals surface area (Å²) < 4.78 is 5.44. The third-order valence-electron chi connectivity index (χ3n) is 3.60. The highest BCUT2D eigenvalue weighted by atomic mass is 16.4. The molecule has 2 heterocycles. The van der Waals surface area contributed by atoms with Crippen molar-refractivity contribution >= 4 is 23.9 Å². The lowest BCUT2D eigenvalue weighted by Crippen LogP contribution is -2.52. The highest BCUT2D eigenvalue weighted by Crippen LogP contribution is 2.23. The largest absolute Gasteiger partial charge is 0.480 e. The number of aromatic nitrogens is 2. The Morgan fingerprint density at radius 1 is 1.32 bits per heavy atom. The summed E-state index contributed by atoms with van der Waals surface area (Å²) in [7, 11) is 0. The quantitative estimate of drug-likeness (QED) is 0.363. The van der Waals surface area contributed by atoms with Crippen LogP contribution in [-0.4, -0.2) is 63.6 Å². The average molecular weight is 356 g/mol. The number of urea groups is 1. The predicted octanol–water partition coefficient (Wildman–Crippen LogP) is -1.67. The topological polar surface area (TPSA) is 184 Å². The minimum Gasteiger partial charge on any atom is -0.480 e. The van der Waals surface area contributed by atoms with Crippen LogP contribution in [0.2, 0.25) is 0 Å². The number of carboxylic acid groups (broad SMARTS) is 1. The van der Waals surface area contributed by atoms with Gasteiger partial charge in [-0.2, -0.15) is 0 Å². The van der Waals surface area contributed by atoms with Crippen molar-refractivity contribution in [2.24, 2.45) is 5.73 Å². The van der Waals surface area contributed by atoms with Gasteiger partial charge in [0, 0.05) is 13.1 Å². The monoisotopic (exact) mass is 356 g/mol. The van der Waals surface area contributed by atoms with E-state index in [0.29, 0.717) is 0 Å². The number of hydrogen-bond donors (Lipinski definition) is 5. The summed E-state index contributed by atoms with van der Waals surface area (Å²) in [6.45, 7) is 2.76. The maximum Gasteiger partial charge on any atom is 0.328 e. The van der Waals surface area contributed by atoms with E-state index in [2.05, 4.69) is 20.8 Å². The molecule has 3 atom stereocenters. The molecule has 2 rings (SSSR count). The molecule has 1 aliphatic rings. The number of primary amides is 1. The first kappa shape index (κ1) is 18.4. The first-order valence-corrected chi connectivity index (χ1v) is 7.62. The Labute approximate surface area is 142 Å². The number of rotatable bonds is 8. The summed E-state index contributed by atoms with van der Waals surface area (Å²) in [6, 6.07) is -3.20. The van der Waals surface area contributed by atoms with Gasteiger partial charge >= 0.3 is 18.0 Å². The number of hydrogen-bond acceptors (Lipinski definition) is 8. The molecule has 12 heteroatoms. The average Bonchev–Trinajstić information content (AvgIpc) is 2.90. The number of nitrogens with two attached hydrogens (primary N) is 1. The Hall–Kier alpha value is -2.89. The predicted molar refractivity (Wildman–Crippen MR) is 82.5 cm³/mol. The van der Waals surface area contributed by atoms with Gasteiger partial charge in [0.15, 0.2) is 6.04 Å². The fourth-order valence-corrected chi connectivity index (χ4v) is 2.13. The standard InChI is InChI=1S/C13H20N6O6/c1-6(20)9(11(22)23)16-12(24)15-7(5-8(14)21)10-17-18-13(25-10)19-3-2-4-19/h6-7,9,20H,2-5H2,1H3,(H2,14,21)(H,22,23)(H2,15,16,24)/t6?,7-,9?/m0/s1. The lowest BCUT2D eigenvalue weighted by atomic mass is 10.2. The van der Waals surface area contributed by atoms with Gasteiger partial charge in [-0.3, -0.25) is 4.79 Å². The molecule has 0 bridgehead atoms. The van der Waals surface area contributed by atoms with Crippen LogP contribution in [0.4, 0.5) is 10.8 Å². The lowest BCUT2D eigenvalue weighted by molar-refractivity contribution is -0.141. The zero-order valence-corrected chi connectivity index (χ0v) is 13.5. The van der Waals surface area contributed by atoms with Crippen molar-refractivity contribution in [1.82, 2.24) is 20.8 Å². The molecule has 0 radical (unpaired) electrons. The van der Waals surface area contributed by atoms with Gasteiger partial charge in [0.1, 0.15) is 6.04 Å². The van der Waals surface area contributed by atoms with Crippen LogP contribution in [0.15, 0.2) is 4.42 Å². The summed E-state index contributed by atoms with van der Waals surface area (Å²) in [4.78, 5) is 36.0. The number of nitrogens with one attached hydrogen (secondary N) is 2. The highest BCUT2D eigenvalue weighted by molar-refractivity contribution is 5.83. The second-order valence-electron chi connectivity index (χ2n) is 5.66. The minimum absolute atomic E-state index is 0.0280. The van der Waals surface area contributed by atoms with Gasteiger partial charge in [0.05, 0.1) is 12.5 Å². The molecular formula is C13H20N6O6. The number of carbonyl (C=O) groups is 3. The lowest BCUT2D eigenvalue weighted by Gasteiger charge is -2.28. The second-order valence-corrected chi connectivity index (χ2v) is 5.66. The Morgan fingerprint density at radius 2 is 2.00 bits per heavy atom. The van der Waals surface area contributed by atoms with E-state index >= 15 is 0 Å². The smallest absolute Gasteiger partial charge is 0.328 e. The van der Waals surface area contributed by atoms with Crippen molar-refractivity contribution in [3.05, 3.63) is 5.89 Å². The molecule has 1 aromatic heterocycles. The van der Waals surface area contributed by atoms with E-state index in [1.165, 1.54) is 6.92 Å². The van der Waals surface area contributed by atoms with Crippen LogP contribution in [0, 0.1) is 0 Å². The van der Waals surface area contributed by atoms with Gasteiger partial charge in [0.25, 0.3) is 0 Å². The molecule has 0 saturated carbocycles. The molecule has 1 fully saturated rings. The molecule has 1 saturated heterocycles. The SMILES string of the molecule is CC(O)C(NC(=O)N[C@@H](CC(N)=O)c1nnc(N2CCC2)o1)C(=O)O. The van der Waals surface area contributed by atoms with Crippen LogP contribution in [0.25, 0.3) is 0 Å². The summed E-state index contributed by atoms with van der Waals surface area (Å²) in [5, 5.41) is 30.4. The molecule has 3 amide bonds. The molecule has 0 aliphatic carbocycles. The highest BCUT2D eigenvalue weighted by Gasteiger charge is 2.29. The Balaban J connectivity index is 2.06. The molecule has 1 aliphatic heterocycles. The Bertz CT molecular complexity index is 643. The fraction of sp³-hybridized carbons (Fsp3) is 0.615. The molecule has 25 heavy (non-hydrogen) atoms. The zero-order valence-electron chi connectivity index (χ0n) is 13.5. The van der Waals surface area contributed by atoms with Gasteiger partial charge < -0.3 is 35.9 Å². The van der Waals surface area contributed by atoms with Gasteiger partial charge in [0.2, 0.25) is 11.8 Å². The van der Waals surface area contributed by atoms with Crippen LogP contribution in [0.1, 0.15) is 31.7 Å². The summed E-state index contributed by atoms with van der Waals surface area (Å²) >= 11 is 0. The van der Waals surface area contributed by atoms with E-state index in [0.717, 1.165) is 19.5 Å². The molecule has 1 aromatic rings. The molecular weight excluding hydrogens is 336 g/mol. The van der Waals surface area contributed by atoms with Crippen LogP contribution in [-0.2, 0) is 9.59 Å². The number of nitrogens with zero attached hydrogens (tertiary/aromatic N) is 3. The summed E-state index contributed by atoms with van der Waals surface area (Å²) in [5.74, 6) is -2.16. The molecule has 138 valence electrons. The van der Waals surface area contributed by atoms with Gasteiger partial charge in [-0.1, -0.05) is 5.10 Å². The Morgan fingerprint density at radius 3 is 2.48 bits per heavy atom. The van der Waals surface area contributed by atoms with Gasteiger partial charge in [-0.05, 0) is 13.3 Å². The molecule has 2 unspecified atom stereocenters. The third-order valence-corrected chi connectivity index (χ3v) is 3.60. The number of amides is 3. The van der Waals surface area contributed by atoms with Crippen molar-refractivity contribution in [1.29, 1.82) is 0 Å². The van der Waals surface area contributed by atoms with E-state index in [4.69, 9.17) is 15.3 Å². The normalized spacial score (nSPS) is 17.1. The van der Waals surface area contributed by atoms with Gasteiger partial charge in [-0.15, -0.1) is 5.10 Å². The van der Waals surface area contributed by atoms with Crippen LogP contribution in [0.3, 0.4) is 0 Å². The minimum atomic E-state index is -1.52. The second kappa shape index (κ2) is 7.79.